The Hall–Kier alpha value is -3.28. The molecule has 0 unspecified atom stereocenters. The highest BCUT2D eigenvalue weighted by molar-refractivity contribution is 7.62. The van der Waals surface area contributed by atoms with Gasteiger partial charge in [0.05, 0.1) is 55.4 Å². The molecule has 3 N–H and O–H groups in total. The fourth-order valence-corrected chi connectivity index (χ4v) is 5.29. The molecule has 1 aromatic heterocycles. The van der Waals surface area contributed by atoms with Crippen LogP contribution in [0.1, 0.15) is 38.1 Å². The summed E-state index contributed by atoms with van der Waals surface area (Å²) in [6, 6.07) is 9.07. The lowest BCUT2D eigenvalue weighted by Gasteiger charge is -2.20. The normalized spacial score (nSPS) is 11.4. The lowest BCUT2D eigenvalue weighted by molar-refractivity contribution is 0.0205. The summed E-state index contributed by atoms with van der Waals surface area (Å²) >= 11 is 6.35. The third-order valence-corrected chi connectivity index (χ3v) is 7.61. The standard InChI is InChI=1S/C26H32ClFN5O6P/c1-6-38-40(35,39-7-2)23-11-9-8-10-20(23)30-24-18(27)14-29-26(32-24)31-21-13-19(28)17(12-22(21)36-5)25(34)33-37-15-16(3)4/h8-14,16H,6-7,15H2,1-5H3,(H,33,34)(H2,29,30,31,32). The second-order valence-corrected chi connectivity index (χ2v) is 11.1. The van der Waals surface area contributed by atoms with Gasteiger partial charge in [-0.25, -0.2) is 14.9 Å². The number of carbonyl (C=O) groups excluding carboxylic acids is 1. The van der Waals surface area contributed by atoms with Crippen LogP contribution in [0.2, 0.25) is 5.02 Å². The van der Waals surface area contributed by atoms with E-state index in [1.807, 2.05) is 13.8 Å². The van der Waals surface area contributed by atoms with Crippen LogP contribution >= 0.6 is 19.2 Å². The highest BCUT2D eigenvalue weighted by Crippen LogP contribution is 2.49. The van der Waals surface area contributed by atoms with Gasteiger partial charge in [-0.2, -0.15) is 4.98 Å². The van der Waals surface area contributed by atoms with Gasteiger partial charge in [-0.15, -0.1) is 0 Å². The number of nitrogens with one attached hydrogen (secondary N) is 3. The van der Waals surface area contributed by atoms with E-state index in [1.165, 1.54) is 19.4 Å². The number of nitrogens with zero attached hydrogens (tertiary/aromatic N) is 2. The molecule has 0 bridgehead atoms. The van der Waals surface area contributed by atoms with Crippen molar-refractivity contribution in [2.75, 3.05) is 37.6 Å². The highest BCUT2D eigenvalue weighted by Gasteiger charge is 2.30. The fraction of sp³-hybridized carbons (Fsp3) is 0.346. The van der Waals surface area contributed by atoms with E-state index in [0.717, 1.165) is 6.07 Å². The largest absolute Gasteiger partial charge is 0.495 e. The maximum Gasteiger partial charge on any atom is 0.363 e. The predicted octanol–water partition coefficient (Wildman–Crippen LogP) is 5.97. The number of benzene rings is 2. The molecule has 40 heavy (non-hydrogen) atoms. The molecule has 14 heteroatoms. The monoisotopic (exact) mass is 595 g/mol. The number of anilines is 4. The molecule has 0 aliphatic heterocycles. The van der Waals surface area contributed by atoms with Gasteiger partial charge >= 0.3 is 7.60 Å². The lowest BCUT2D eigenvalue weighted by Crippen LogP contribution is -2.26. The van der Waals surface area contributed by atoms with Gasteiger partial charge in [-0.3, -0.25) is 14.2 Å². The van der Waals surface area contributed by atoms with Crippen molar-refractivity contribution in [2.24, 2.45) is 5.92 Å². The minimum absolute atomic E-state index is 0.0392. The summed E-state index contributed by atoms with van der Waals surface area (Å²) < 4.78 is 44.7. The Morgan fingerprint density at radius 2 is 1.80 bits per heavy atom. The number of hydroxylamine groups is 1. The van der Waals surface area contributed by atoms with Crippen molar-refractivity contribution in [3.05, 3.63) is 59.0 Å². The molecule has 3 rings (SSSR count). The predicted molar refractivity (Wildman–Crippen MR) is 152 cm³/mol. The van der Waals surface area contributed by atoms with Gasteiger partial charge in [0.15, 0.2) is 5.82 Å². The minimum atomic E-state index is -3.63. The van der Waals surface area contributed by atoms with E-state index in [1.54, 1.807) is 38.1 Å². The number of para-hydroxylation sites is 1. The molecule has 0 aliphatic rings. The molecular formula is C26H32ClFN5O6P. The number of halogens is 2. The van der Waals surface area contributed by atoms with E-state index >= 15 is 0 Å². The van der Waals surface area contributed by atoms with Crippen LogP contribution in [0, 0.1) is 11.7 Å². The average Bonchev–Trinajstić information content (AvgIpc) is 2.91. The van der Waals surface area contributed by atoms with Crippen molar-refractivity contribution in [3.8, 4) is 5.75 Å². The lowest BCUT2D eigenvalue weighted by atomic mass is 10.1. The van der Waals surface area contributed by atoms with Crippen molar-refractivity contribution in [2.45, 2.75) is 27.7 Å². The highest BCUT2D eigenvalue weighted by atomic mass is 35.5. The first-order chi connectivity index (χ1) is 19.1. The Morgan fingerprint density at radius 1 is 1.10 bits per heavy atom. The molecule has 2 aromatic carbocycles. The van der Waals surface area contributed by atoms with E-state index in [4.69, 9.17) is 30.2 Å². The van der Waals surface area contributed by atoms with Gasteiger partial charge in [0.2, 0.25) is 5.95 Å². The van der Waals surface area contributed by atoms with Crippen LogP contribution in [0.25, 0.3) is 0 Å². The number of ether oxygens (including phenoxy) is 1. The molecule has 1 amide bonds. The number of methoxy groups -OCH3 is 1. The molecule has 216 valence electrons. The number of hydrogen-bond donors (Lipinski definition) is 3. The topological polar surface area (TPSA) is 133 Å². The summed E-state index contributed by atoms with van der Waals surface area (Å²) in [5.41, 5.74) is 2.51. The minimum Gasteiger partial charge on any atom is -0.495 e. The zero-order valence-corrected chi connectivity index (χ0v) is 24.4. The van der Waals surface area contributed by atoms with Crippen LogP contribution in [0.4, 0.5) is 27.5 Å². The van der Waals surface area contributed by atoms with E-state index < -0.39 is 19.3 Å². The summed E-state index contributed by atoms with van der Waals surface area (Å²) in [6.07, 6.45) is 1.34. The molecule has 1 heterocycles. The van der Waals surface area contributed by atoms with Crippen molar-refractivity contribution in [3.63, 3.8) is 0 Å². The number of carbonyl (C=O) groups is 1. The third kappa shape index (κ3) is 7.89. The maximum atomic E-state index is 14.9. The van der Waals surface area contributed by atoms with Gasteiger partial charge in [0, 0.05) is 6.07 Å². The van der Waals surface area contributed by atoms with Crippen LogP contribution in [0.3, 0.4) is 0 Å². The molecule has 0 spiro atoms. The van der Waals surface area contributed by atoms with Gasteiger partial charge in [-0.1, -0.05) is 37.6 Å². The van der Waals surface area contributed by atoms with Crippen LogP contribution < -0.4 is 26.2 Å². The van der Waals surface area contributed by atoms with Crippen molar-refractivity contribution < 1.29 is 32.4 Å². The summed E-state index contributed by atoms with van der Waals surface area (Å²) in [6.45, 7) is 7.89. The fourth-order valence-electron chi connectivity index (χ4n) is 3.42. The Kier molecular flexibility index (Phi) is 11.2. The van der Waals surface area contributed by atoms with Crippen LogP contribution in [-0.4, -0.2) is 42.8 Å². The number of hydrogen-bond acceptors (Lipinski definition) is 10. The number of aromatic nitrogens is 2. The first-order valence-electron chi connectivity index (χ1n) is 12.5. The zero-order valence-electron chi connectivity index (χ0n) is 22.8. The Balaban J connectivity index is 1.88. The van der Waals surface area contributed by atoms with Gasteiger partial charge in [0.25, 0.3) is 5.91 Å². The molecular weight excluding hydrogens is 564 g/mol. The second-order valence-electron chi connectivity index (χ2n) is 8.66. The summed E-state index contributed by atoms with van der Waals surface area (Å²) in [5.74, 6) is -1.04. The number of rotatable bonds is 14. The van der Waals surface area contributed by atoms with Crippen LogP contribution in [0.5, 0.6) is 5.75 Å². The third-order valence-electron chi connectivity index (χ3n) is 5.16. The van der Waals surface area contributed by atoms with Crippen LogP contribution in [0.15, 0.2) is 42.6 Å². The second kappa shape index (κ2) is 14.4. The maximum absolute atomic E-state index is 14.9. The van der Waals surface area contributed by atoms with E-state index in [-0.39, 0.29) is 59.5 Å². The molecule has 3 aromatic rings. The van der Waals surface area contributed by atoms with E-state index in [2.05, 4.69) is 26.1 Å². The first kappa shape index (κ1) is 31.3. The van der Waals surface area contributed by atoms with E-state index in [0.29, 0.717) is 11.0 Å². The number of amides is 1. The van der Waals surface area contributed by atoms with Crippen LogP contribution in [-0.2, 0) is 18.5 Å². The average molecular weight is 596 g/mol. The Bertz CT molecular complexity index is 1370. The van der Waals surface area contributed by atoms with Crippen molar-refractivity contribution >= 4 is 53.5 Å². The zero-order chi connectivity index (χ0) is 29.3. The molecule has 0 saturated carbocycles. The summed E-state index contributed by atoms with van der Waals surface area (Å²) in [7, 11) is -2.26. The van der Waals surface area contributed by atoms with Gasteiger partial charge < -0.3 is 24.4 Å². The van der Waals surface area contributed by atoms with Crippen molar-refractivity contribution in [1.29, 1.82) is 0 Å². The Morgan fingerprint density at radius 3 is 2.45 bits per heavy atom. The van der Waals surface area contributed by atoms with Gasteiger partial charge in [0.1, 0.15) is 16.6 Å². The van der Waals surface area contributed by atoms with Crippen molar-refractivity contribution in [1.82, 2.24) is 15.4 Å². The molecule has 0 fully saturated rings. The summed E-state index contributed by atoms with van der Waals surface area (Å²) in [4.78, 5) is 26.0. The Labute approximate surface area is 237 Å². The SMILES string of the molecule is CCOP(=O)(OCC)c1ccccc1Nc1nc(Nc2cc(F)c(C(=O)NOCC(C)C)cc2OC)ncc1Cl. The molecule has 11 nitrogen and oxygen atoms in total. The smallest absolute Gasteiger partial charge is 0.363 e. The van der Waals surface area contributed by atoms with Gasteiger partial charge in [-0.05, 0) is 38.0 Å². The quantitative estimate of drug-likeness (QED) is 0.151. The molecule has 0 atom stereocenters. The molecule has 0 saturated heterocycles. The first-order valence-corrected chi connectivity index (χ1v) is 14.4. The molecule has 0 radical (unpaired) electrons. The molecule has 0 aliphatic carbocycles. The van der Waals surface area contributed by atoms with E-state index in [9.17, 15) is 13.8 Å². The summed E-state index contributed by atoms with van der Waals surface area (Å²) in [5, 5.41) is 6.39.